The van der Waals surface area contributed by atoms with Gasteiger partial charge in [0.1, 0.15) is 5.75 Å². The van der Waals surface area contributed by atoms with Crippen molar-refractivity contribution in [2.45, 2.75) is 45.2 Å². The van der Waals surface area contributed by atoms with Crippen LogP contribution >= 0.6 is 0 Å². The van der Waals surface area contributed by atoms with Crippen molar-refractivity contribution in [1.29, 1.82) is 0 Å². The molecule has 0 aromatic heterocycles. The minimum Gasteiger partial charge on any atom is -0.508 e. The minimum atomic E-state index is 0.305. The summed E-state index contributed by atoms with van der Waals surface area (Å²) in [7, 11) is 0. The number of nitrogens with zero attached hydrogens (tertiary/aromatic N) is 2. The molecule has 0 radical (unpaired) electrons. The molecule has 3 nitrogen and oxygen atoms in total. The van der Waals surface area contributed by atoms with Gasteiger partial charge in [-0.3, -0.25) is 9.80 Å². The standard InChI is InChI=1S/C17H26N2O/c1-13-6-7-16(17(20)11-13)14(2)19-10-9-18-8-4-3-5-15(18)12-19/h6-7,11,14-15,20H,3-5,8-10,12H2,1-2H3. The van der Waals surface area contributed by atoms with Gasteiger partial charge in [0.2, 0.25) is 0 Å². The third-order valence-corrected chi connectivity index (χ3v) is 5.05. The van der Waals surface area contributed by atoms with Crippen LogP contribution in [0.3, 0.4) is 0 Å². The molecule has 0 bridgehead atoms. The molecule has 2 saturated heterocycles. The second-order valence-electron chi connectivity index (χ2n) is 6.42. The third kappa shape index (κ3) is 2.70. The lowest BCUT2D eigenvalue weighted by Crippen LogP contribution is -2.55. The van der Waals surface area contributed by atoms with Gasteiger partial charge in [0, 0.05) is 37.3 Å². The summed E-state index contributed by atoms with van der Waals surface area (Å²) in [6.07, 6.45) is 4.08. The predicted octanol–water partition coefficient (Wildman–Crippen LogP) is 2.93. The highest BCUT2D eigenvalue weighted by atomic mass is 16.3. The summed E-state index contributed by atoms with van der Waals surface area (Å²) in [5, 5.41) is 10.2. The van der Waals surface area contributed by atoms with Crippen LogP contribution in [0.25, 0.3) is 0 Å². The molecule has 2 aliphatic rings. The normalized spacial score (nSPS) is 26.2. The van der Waals surface area contributed by atoms with E-state index in [1.165, 1.54) is 32.4 Å². The van der Waals surface area contributed by atoms with E-state index in [0.717, 1.165) is 30.3 Å². The van der Waals surface area contributed by atoms with Crippen LogP contribution in [0, 0.1) is 6.92 Å². The highest BCUT2D eigenvalue weighted by Crippen LogP contribution is 2.32. The number of rotatable bonds is 2. The van der Waals surface area contributed by atoms with Crippen molar-refractivity contribution < 1.29 is 5.11 Å². The molecule has 1 aromatic rings. The Kier molecular flexibility index (Phi) is 3.99. The monoisotopic (exact) mass is 274 g/mol. The molecule has 20 heavy (non-hydrogen) atoms. The van der Waals surface area contributed by atoms with Gasteiger partial charge in [-0.1, -0.05) is 18.6 Å². The molecule has 110 valence electrons. The molecule has 1 N–H and O–H groups in total. The molecule has 0 amide bonds. The van der Waals surface area contributed by atoms with Gasteiger partial charge in [0.25, 0.3) is 0 Å². The molecule has 2 aliphatic heterocycles. The number of hydrogen-bond acceptors (Lipinski definition) is 3. The Morgan fingerprint density at radius 1 is 1.20 bits per heavy atom. The number of piperidine rings is 1. The highest BCUT2D eigenvalue weighted by Gasteiger charge is 2.31. The maximum atomic E-state index is 10.2. The quantitative estimate of drug-likeness (QED) is 0.898. The average molecular weight is 274 g/mol. The summed E-state index contributed by atoms with van der Waals surface area (Å²) in [6, 6.07) is 7.10. The summed E-state index contributed by atoms with van der Waals surface area (Å²) >= 11 is 0. The molecule has 3 rings (SSSR count). The summed E-state index contributed by atoms with van der Waals surface area (Å²) in [5.41, 5.74) is 2.19. The van der Waals surface area contributed by atoms with Crippen LogP contribution in [-0.4, -0.2) is 47.1 Å². The van der Waals surface area contributed by atoms with Crippen LogP contribution in [0.2, 0.25) is 0 Å². The van der Waals surface area contributed by atoms with Crippen LogP contribution < -0.4 is 0 Å². The number of aromatic hydroxyl groups is 1. The van der Waals surface area contributed by atoms with Crippen molar-refractivity contribution in [3.05, 3.63) is 29.3 Å². The average Bonchev–Trinajstić information content (AvgIpc) is 2.46. The van der Waals surface area contributed by atoms with E-state index in [0.29, 0.717) is 11.8 Å². The zero-order chi connectivity index (χ0) is 14.1. The zero-order valence-electron chi connectivity index (χ0n) is 12.7. The Balaban J connectivity index is 1.72. The third-order valence-electron chi connectivity index (χ3n) is 5.05. The summed E-state index contributed by atoms with van der Waals surface area (Å²) < 4.78 is 0. The Bertz CT molecular complexity index is 474. The summed E-state index contributed by atoms with van der Waals surface area (Å²) in [5.74, 6) is 0.448. The van der Waals surface area contributed by atoms with Gasteiger partial charge in [-0.05, 0) is 44.9 Å². The second-order valence-corrected chi connectivity index (χ2v) is 6.42. The van der Waals surface area contributed by atoms with Crippen LogP contribution in [0.15, 0.2) is 18.2 Å². The van der Waals surface area contributed by atoms with E-state index in [-0.39, 0.29) is 0 Å². The molecule has 1 aromatic carbocycles. The fourth-order valence-electron chi connectivity index (χ4n) is 3.74. The zero-order valence-corrected chi connectivity index (χ0v) is 12.7. The SMILES string of the molecule is Cc1ccc(C(C)N2CCN3CCCCC3C2)c(O)c1. The number of aryl methyl sites for hydroxylation is 1. The topological polar surface area (TPSA) is 26.7 Å². The molecular weight excluding hydrogens is 248 g/mol. The Hall–Kier alpha value is -1.06. The van der Waals surface area contributed by atoms with Gasteiger partial charge in [-0.25, -0.2) is 0 Å². The summed E-state index contributed by atoms with van der Waals surface area (Å²) in [4.78, 5) is 5.19. The van der Waals surface area contributed by atoms with E-state index in [2.05, 4.69) is 28.9 Å². The number of benzene rings is 1. The Morgan fingerprint density at radius 3 is 2.85 bits per heavy atom. The van der Waals surface area contributed by atoms with Crippen LogP contribution in [-0.2, 0) is 0 Å². The fraction of sp³-hybridized carbons (Fsp3) is 0.647. The Labute approximate surface area is 122 Å². The lowest BCUT2D eigenvalue weighted by molar-refractivity contribution is 0.0303. The van der Waals surface area contributed by atoms with Crippen LogP contribution in [0.4, 0.5) is 0 Å². The van der Waals surface area contributed by atoms with Crippen molar-refractivity contribution in [2.24, 2.45) is 0 Å². The van der Waals surface area contributed by atoms with Gasteiger partial charge < -0.3 is 5.11 Å². The first kappa shape index (κ1) is 13.9. The van der Waals surface area contributed by atoms with E-state index in [9.17, 15) is 5.11 Å². The molecule has 2 heterocycles. The number of hydrogen-bond donors (Lipinski definition) is 1. The first-order valence-electron chi connectivity index (χ1n) is 7.93. The van der Waals surface area contributed by atoms with E-state index in [1.54, 1.807) is 0 Å². The van der Waals surface area contributed by atoms with Crippen LogP contribution in [0.5, 0.6) is 5.75 Å². The van der Waals surface area contributed by atoms with E-state index >= 15 is 0 Å². The number of phenols is 1. The summed E-state index contributed by atoms with van der Waals surface area (Å²) in [6.45, 7) is 8.97. The molecule has 2 unspecified atom stereocenters. The second kappa shape index (κ2) is 5.74. The molecule has 0 saturated carbocycles. The molecule has 0 spiro atoms. The maximum absolute atomic E-state index is 10.2. The maximum Gasteiger partial charge on any atom is 0.120 e. The van der Waals surface area contributed by atoms with E-state index in [1.807, 2.05) is 13.0 Å². The van der Waals surface area contributed by atoms with Crippen molar-refractivity contribution >= 4 is 0 Å². The van der Waals surface area contributed by atoms with E-state index in [4.69, 9.17) is 0 Å². The van der Waals surface area contributed by atoms with Gasteiger partial charge in [0.05, 0.1) is 0 Å². The Morgan fingerprint density at radius 2 is 2.05 bits per heavy atom. The predicted molar refractivity (Wildman–Crippen MR) is 82.0 cm³/mol. The van der Waals surface area contributed by atoms with E-state index < -0.39 is 0 Å². The molecular formula is C17H26N2O. The molecule has 2 atom stereocenters. The molecule has 0 aliphatic carbocycles. The highest BCUT2D eigenvalue weighted by molar-refractivity contribution is 5.37. The van der Waals surface area contributed by atoms with Crippen molar-refractivity contribution in [3.63, 3.8) is 0 Å². The smallest absolute Gasteiger partial charge is 0.120 e. The van der Waals surface area contributed by atoms with Gasteiger partial charge in [0.15, 0.2) is 0 Å². The molecule has 2 fully saturated rings. The largest absolute Gasteiger partial charge is 0.508 e. The first-order chi connectivity index (χ1) is 9.65. The van der Waals surface area contributed by atoms with Crippen molar-refractivity contribution in [3.8, 4) is 5.75 Å². The lowest BCUT2D eigenvalue weighted by atomic mass is 9.97. The van der Waals surface area contributed by atoms with Crippen molar-refractivity contribution in [2.75, 3.05) is 26.2 Å². The number of piperazine rings is 1. The first-order valence-corrected chi connectivity index (χ1v) is 7.93. The lowest BCUT2D eigenvalue weighted by Gasteiger charge is -2.46. The number of fused-ring (bicyclic) bond motifs is 1. The minimum absolute atomic E-state index is 0.305. The van der Waals surface area contributed by atoms with Gasteiger partial charge in [-0.15, -0.1) is 0 Å². The molecule has 3 heteroatoms. The number of phenolic OH excluding ortho intramolecular Hbond substituents is 1. The van der Waals surface area contributed by atoms with Crippen molar-refractivity contribution in [1.82, 2.24) is 9.80 Å². The fourth-order valence-corrected chi connectivity index (χ4v) is 3.74. The van der Waals surface area contributed by atoms with Crippen LogP contribution in [0.1, 0.15) is 43.4 Å². The van der Waals surface area contributed by atoms with Gasteiger partial charge >= 0.3 is 0 Å². The van der Waals surface area contributed by atoms with Gasteiger partial charge in [-0.2, -0.15) is 0 Å².